The van der Waals surface area contributed by atoms with Crippen molar-refractivity contribution in [2.75, 3.05) is 25.6 Å². The summed E-state index contributed by atoms with van der Waals surface area (Å²) in [6.45, 7) is 0.677. The lowest BCUT2D eigenvalue weighted by Crippen LogP contribution is -2.29. The van der Waals surface area contributed by atoms with Gasteiger partial charge in [0.05, 0.1) is 13.7 Å². The van der Waals surface area contributed by atoms with E-state index in [-0.39, 0.29) is 11.8 Å². The number of amides is 2. The number of fused-ring (bicyclic) bond motifs is 1. The lowest BCUT2D eigenvalue weighted by atomic mass is 10.0. The summed E-state index contributed by atoms with van der Waals surface area (Å²) in [6.07, 6.45) is 3.01. The third-order valence-corrected chi connectivity index (χ3v) is 5.40. The highest BCUT2D eigenvalue weighted by Crippen LogP contribution is 2.27. The molecular weight excluding hydrogens is 416 g/mol. The molecule has 4 rings (SSSR count). The second kappa shape index (κ2) is 10.5. The number of methoxy groups -OCH3 is 1. The van der Waals surface area contributed by atoms with Crippen LogP contribution in [0.2, 0.25) is 0 Å². The van der Waals surface area contributed by atoms with Crippen LogP contribution in [-0.4, -0.2) is 32.1 Å². The van der Waals surface area contributed by atoms with Gasteiger partial charge in [0.1, 0.15) is 18.1 Å². The largest absolute Gasteiger partial charge is 0.496 e. The fourth-order valence-corrected chi connectivity index (χ4v) is 3.72. The van der Waals surface area contributed by atoms with Crippen LogP contribution in [0.15, 0.2) is 72.8 Å². The number of carbonyl (C=O) groups excluding carboxylic acids is 2. The van der Waals surface area contributed by atoms with E-state index in [1.54, 1.807) is 7.11 Å². The number of rotatable bonds is 8. The quantitative estimate of drug-likeness (QED) is 0.310. The number of ether oxygens (including phenoxy) is 2. The van der Waals surface area contributed by atoms with E-state index < -0.39 is 0 Å². The molecule has 33 heavy (non-hydrogen) atoms. The van der Waals surface area contributed by atoms with Gasteiger partial charge in [0, 0.05) is 23.2 Å². The van der Waals surface area contributed by atoms with E-state index in [0.29, 0.717) is 43.1 Å². The summed E-state index contributed by atoms with van der Waals surface area (Å²) in [4.78, 5) is 24.6. The summed E-state index contributed by atoms with van der Waals surface area (Å²) in [7, 11) is 1.61. The van der Waals surface area contributed by atoms with Gasteiger partial charge in [-0.15, -0.1) is 0 Å². The lowest BCUT2D eigenvalue weighted by Gasteiger charge is -2.18. The molecule has 0 fully saturated rings. The zero-order valence-electron chi connectivity index (χ0n) is 18.5. The molecule has 2 amide bonds. The predicted octanol–water partition coefficient (Wildman–Crippen LogP) is 4.32. The van der Waals surface area contributed by atoms with Gasteiger partial charge in [0.2, 0.25) is 5.91 Å². The number of benzene rings is 3. The molecule has 1 aliphatic rings. The van der Waals surface area contributed by atoms with Crippen LogP contribution >= 0.6 is 0 Å². The Morgan fingerprint density at radius 2 is 1.82 bits per heavy atom. The van der Waals surface area contributed by atoms with Gasteiger partial charge in [-0.2, -0.15) is 0 Å². The second-order valence-corrected chi connectivity index (χ2v) is 7.64. The third-order valence-electron chi connectivity index (χ3n) is 5.40. The highest BCUT2D eigenvalue weighted by molar-refractivity contribution is 6.24. The first-order chi connectivity index (χ1) is 16.1. The van der Waals surface area contributed by atoms with Crippen LogP contribution in [-0.2, 0) is 16.0 Å². The number of anilines is 1. The SMILES string of the molecule is COc1ccccc1/C=C(/C(=O)NCCOc1ccc2c(c1)CCC(=O)N2)c1ccccc1. The highest BCUT2D eigenvalue weighted by atomic mass is 16.5. The van der Waals surface area contributed by atoms with Crippen LogP contribution in [0, 0.1) is 0 Å². The van der Waals surface area contributed by atoms with Crippen molar-refractivity contribution >= 4 is 29.2 Å². The van der Waals surface area contributed by atoms with Gasteiger partial charge < -0.3 is 20.1 Å². The predicted molar refractivity (Wildman–Crippen MR) is 129 cm³/mol. The number of nitrogens with one attached hydrogen (secondary N) is 2. The Labute approximate surface area is 193 Å². The molecule has 6 heteroatoms. The van der Waals surface area contributed by atoms with E-state index in [1.165, 1.54) is 0 Å². The van der Waals surface area contributed by atoms with Crippen molar-refractivity contribution < 1.29 is 19.1 Å². The van der Waals surface area contributed by atoms with E-state index >= 15 is 0 Å². The van der Waals surface area contributed by atoms with Gasteiger partial charge in [0.25, 0.3) is 5.91 Å². The first kappa shape index (κ1) is 22.1. The van der Waals surface area contributed by atoms with Crippen LogP contribution in [0.3, 0.4) is 0 Å². The molecule has 3 aromatic carbocycles. The molecule has 0 radical (unpaired) electrons. The third kappa shape index (κ3) is 5.60. The number of carbonyl (C=O) groups is 2. The summed E-state index contributed by atoms with van der Waals surface area (Å²) < 4.78 is 11.3. The van der Waals surface area contributed by atoms with Crippen molar-refractivity contribution in [2.45, 2.75) is 12.8 Å². The molecule has 3 aromatic rings. The monoisotopic (exact) mass is 442 g/mol. The van der Waals surface area contributed by atoms with Crippen LogP contribution in [0.4, 0.5) is 5.69 Å². The normalized spacial score (nSPS) is 13.0. The molecule has 6 nitrogen and oxygen atoms in total. The molecular formula is C27H26N2O4. The average molecular weight is 443 g/mol. The Morgan fingerprint density at radius 3 is 2.64 bits per heavy atom. The molecule has 1 heterocycles. The van der Waals surface area contributed by atoms with E-state index in [1.807, 2.05) is 78.9 Å². The minimum atomic E-state index is -0.191. The van der Waals surface area contributed by atoms with Crippen molar-refractivity contribution in [3.05, 3.63) is 89.5 Å². The van der Waals surface area contributed by atoms with Gasteiger partial charge in [-0.25, -0.2) is 0 Å². The van der Waals surface area contributed by atoms with Gasteiger partial charge in [-0.1, -0.05) is 48.5 Å². The summed E-state index contributed by atoms with van der Waals surface area (Å²) in [6, 6.07) is 22.7. The number of hydrogen-bond donors (Lipinski definition) is 2. The first-order valence-corrected chi connectivity index (χ1v) is 10.9. The van der Waals surface area contributed by atoms with Crippen molar-refractivity contribution in [2.24, 2.45) is 0 Å². The molecule has 168 valence electrons. The van der Waals surface area contributed by atoms with Gasteiger partial charge >= 0.3 is 0 Å². The molecule has 0 unspecified atom stereocenters. The maximum absolute atomic E-state index is 13.1. The smallest absolute Gasteiger partial charge is 0.252 e. The van der Waals surface area contributed by atoms with Crippen molar-refractivity contribution in [3.63, 3.8) is 0 Å². The van der Waals surface area contributed by atoms with Crippen molar-refractivity contribution in [1.82, 2.24) is 5.32 Å². The number of para-hydroxylation sites is 1. The molecule has 1 aliphatic heterocycles. The molecule has 0 bridgehead atoms. The molecule has 0 spiro atoms. The van der Waals surface area contributed by atoms with E-state index in [4.69, 9.17) is 9.47 Å². The summed E-state index contributed by atoms with van der Waals surface area (Å²) in [5, 5.41) is 5.81. The molecule has 0 aromatic heterocycles. The molecule has 0 saturated heterocycles. The van der Waals surface area contributed by atoms with E-state index in [0.717, 1.165) is 22.4 Å². The summed E-state index contributed by atoms with van der Waals surface area (Å²) in [5.41, 5.74) is 4.08. The van der Waals surface area contributed by atoms with E-state index in [2.05, 4.69) is 10.6 Å². The molecule has 2 N–H and O–H groups in total. The minimum absolute atomic E-state index is 0.0364. The van der Waals surface area contributed by atoms with Gasteiger partial charge in [-0.3, -0.25) is 9.59 Å². The molecule has 0 atom stereocenters. The summed E-state index contributed by atoms with van der Waals surface area (Å²) >= 11 is 0. The first-order valence-electron chi connectivity index (χ1n) is 10.9. The maximum Gasteiger partial charge on any atom is 0.252 e. The topological polar surface area (TPSA) is 76.7 Å². The zero-order valence-corrected chi connectivity index (χ0v) is 18.5. The van der Waals surface area contributed by atoms with Crippen molar-refractivity contribution in [3.8, 4) is 11.5 Å². The Morgan fingerprint density at radius 1 is 1.03 bits per heavy atom. The Hall–Kier alpha value is -4.06. The average Bonchev–Trinajstić information content (AvgIpc) is 2.85. The van der Waals surface area contributed by atoms with Crippen LogP contribution in [0.25, 0.3) is 11.6 Å². The Bertz CT molecular complexity index is 1170. The van der Waals surface area contributed by atoms with Crippen LogP contribution in [0.5, 0.6) is 11.5 Å². The Balaban J connectivity index is 1.41. The van der Waals surface area contributed by atoms with Gasteiger partial charge in [-0.05, 0) is 47.9 Å². The standard InChI is InChI=1S/C27H26N2O4/c1-32-25-10-6-5-9-21(25)18-23(19-7-3-2-4-8-19)27(31)28-15-16-33-22-12-13-24-20(17-22)11-14-26(30)29-24/h2-10,12-13,17-18H,11,14-16H2,1H3,(H,28,31)(H,29,30)/b23-18+. The number of aryl methyl sites for hydroxylation is 1. The lowest BCUT2D eigenvalue weighted by molar-refractivity contribution is -0.116. The van der Waals surface area contributed by atoms with E-state index in [9.17, 15) is 9.59 Å². The fourth-order valence-electron chi connectivity index (χ4n) is 3.72. The zero-order chi connectivity index (χ0) is 23.0. The fraction of sp³-hybridized carbons (Fsp3) is 0.185. The highest BCUT2D eigenvalue weighted by Gasteiger charge is 2.16. The van der Waals surface area contributed by atoms with Crippen LogP contribution in [0.1, 0.15) is 23.1 Å². The maximum atomic E-state index is 13.1. The second-order valence-electron chi connectivity index (χ2n) is 7.64. The number of hydrogen-bond acceptors (Lipinski definition) is 4. The Kier molecular flexibility index (Phi) is 7.05. The van der Waals surface area contributed by atoms with Crippen LogP contribution < -0.4 is 20.1 Å². The van der Waals surface area contributed by atoms with Crippen molar-refractivity contribution in [1.29, 1.82) is 0 Å². The molecule has 0 aliphatic carbocycles. The summed E-state index contributed by atoms with van der Waals surface area (Å²) in [5.74, 6) is 1.26. The molecule has 0 saturated carbocycles. The van der Waals surface area contributed by atoms with Gasteiger partial charge in [0.15, 0.2) is 0 Å². The minimum Gasteiger partial charge on any atom is -0.496 e.